The van der Waals surface area contributed by atoms with E-state index in [1.54, 1.807) is 11.8 Å². The smallest absolute Gasteiger partial charge is 0.229 e. The lowest BCUT2D eigenvalue weighted by Gasteiger charge is -2.31. The van der Waals surface area contributed by atoms with Crippen LogP contribution in [0.4, 0.5) is 5.13 Å². The lowest BCUT2D eigenvalue weighted by atomic mass is 9.95. The summed E-state index contributed by atoms with van der Waals surface area (Å²) in [5, 5.41) is 12.6. The molecule has 0 saturated carbocycles. The van der Waals surface area contributed by atoms with Crippen LogP contribution in [0.1, 0.15) is 24.0 Å². The zero-order valence-electron chi connectivity index (χ0n) is 16.5. The van der Waals surface area contributed by atoms with E-state index in [1.807, 2.05) is 30.3 Å². The summed E-state index contributed by atoms with van der Waals surface area (Å²) in [5.74, 6) is 0.919. The van der Waals surface area contributed by atoms with E-state index in [4.69, 9.17) is 11.6 Å². The van der Waals surface area contributed by atoms with Crippen LogP contribution in [0.5, 0.6) is 0 Å². The lowest BCUT2D eigenvalue weighted by molar-refractivity contribution is -0.121. The molecule has 1 aliphatic heterocycles. The summed E-state index contributed by atoms with van der Waals surface area (Å²) < 4.78 is 0.868. The van der Waals surface area contributed by atoms with E-state index in [0.29, 0.717) is 5.13 Å². The molecule has 1 aliphatic rings. The van der Waals surface area contributed by atoms with Crippen molar-refractivity contribution in [3.63, 3.8) is 0 Å². The lowest BCUT2D eigenvalue weighted by Crippen LogP contribution is -2.37. The number of likely N-dealkylation sites (tertiary alicyclic amines) is 1. The van der Waals surface area contributed by atoms with Crippen molar-refractivity contribution >= 4 is 45.7 Å². The van der Waals surface area contributed by atoms with Crippen molar-refractivity contribution in [1.82, 2.24) is 15.1 Å². The Morgan fingerprint density at radius 1 is 1.07 bits per heavy atom. The van der Waals surface area contributed by atoms with E-state index < -0.39 is 0 Å². The Labute approximate surface area is 189 Å². The van der Waals surface area contributed by atoms with Crippen molar-refractivity contribution in [3.05, 3.63) is 70.7 Å². The molecule has 0 aliphatic carbocycles. The van der Waals surface area contributed by atoms with Crippen LogP contribution in [0.25, 0.3) is 0 Å². The number of nitrogens with one attached hydrogen (secondary N) is 1. The van der Waals surface area contributed by atoms with Gasteiger partial charge in [-0.3, -0.25) is 9.69 Å². The molecule has 2 aromatic carbocycles. The summed E-state index contributed by atoms with van der Waals surface area (Å²) in [6.07, 6.45) is 1.71. The van der Waals surface area contributed by atoms with Crippen molar-refractivity contribution < 1.29 is 4.79 Å². The third-order valence-corrected chi connectivity index (χ3v) is 7.41. The number of rotatable bonds is 7. The largest absolute Gasteiger partial charge is 0.300 e. The Morgan fingerprint density at radius 3 is 2.53 bits per heavy atom. The molecule has 0 atom stereocenters. The second-order valence-electron chi connectivity index (χ2n) is 7.31. The Kier molecular flexibility index (Phi) is 7.38. The number of hydrogen-bond donors (Lipinski definition) is 1. The molecule has 1 saturated heterocycles. The van der Waals surface area contributed by atoms with Gasteiger partial charge in [-0.15, -0.1) is 10.2 Å². The fraction of sp³-hybridized carbons (Fsp3) is 0.318. The highest BCUT2D eigenvalue weighted by Crippen LogP contribution is 2.29. The maximum Gasteiger partial charge on any atom is 0.229 e. The fourth-order valence-electron chi connectivity index (χ4n) is 3.45. The number of amides is 1. The summed E-state index contributed by atoms with van der Waals surface area (Å²) in [5.41, 5.74) is 2.49. The normalized spacial score (nSPS) is 15.2. The van der Waals surface area contributed by atoms with Crippen molar-refractivity contribution in [2.24, 2.45) is 5.92 Å². The van der Waals surface area contributed by atoms with Gasteiger partial charge in [-0.2, -0.15) is 0 Å². The van der Waals surface area contributed by atoms with Crippen molar-refractivity contribution in [2.75, 3.05) is 18.4 Å². The third kappa shape index (κ3) is 6.04. The number of carbonyl (C=O) groups excluding carboxylic acids is 1. The topological polar surface area (TPSA) is 58.1 Å². The Hall–Kier alpha value is -1.93. The van der Waals surface area contributed by atoms with Crippen LogP contribution >= 0.6 is 34.7 Å². The number of hydrogen-bond acceptors (Lipinski definition) is 6. The Morgan fingerprint density at radius 2 is 1.80 bits per heavy atom. The minimum atomic E-state index is 0.0239. The van der Waals surface area contributed by atoms with Gasteiger partial charge >= 0.3 is 0 Å². The first-order valence-electron chi connectivity index (χ1n) is 9.93. The summed E-state index contributed by atoms with van der Waals surface area (Å²) in [6, 6.07) is 18.2. The Balaban J connectivity index is 1.22. The molecule has 8 heteroatoms. The van der Waals surface area contributed by atoms with Gasteiger partial charge in [-0.05, 0) is 49.2 Å². The van der Waals surface area contributed by atoms with Crippen LogP contribution in [-0.4, -0.2) is 34.1 Å². The van der Waals surface area contributed by atoms with E-state index in [9.17, 15) is 4.79 Å². The molecule has 156 valence electrons. The fourth-order valence-corrected chi connectivity index (χ4v) is 5.28. The number of halogens is 1. The van der Waals surface area contributed by atoms with Gasteiger partial charge in [-0.1, -0.05) is 77.2 Å². The molecule has 1 fully saturated rings. The molecule has 1 amide bonds. The van der Waals surface area contributed by atoms with E-state index >= 15 is 0 Å². The van der Waals surface area contributed by atoms with Gasteiger partial charge < -0.3 is 5.32 Å². The molecule has 4 rings (SSSR count). The molecule has 30 heavy (non-hydrogen) atoms. The summed E-state index contributed by atoms with van der Waals surface area (Å²) in [4.78, 5) is 15.0. The molecule has 1 aromatic heterocycles. The highest BCUT2D eigenvalue weighted by Gasteiger charge is 2.25. The molecular formula is C22H23ClN4OS2. The van der Waals surface area contributed by atoms with Gasteiger partial charge in [0.25, 0.3) is 0 Å². The van der Waals surface area contributed by atoms with Crippen LogP contribution in [-0.2, 0) is 17.1 Å². The number of nitrogens with zero attached hydrogens (tertiary/aromatic N) is 3. The predicted octanol–water partition coefficient (Wildman–Crippen LogP) is 5.33. The summed E-state index contributed by atoms with van der Waals surface area (Å²) >= 11 is 9.03. The summed E-state index contributed by atoms with van der Waals surface area (Å²) in [7, 11) is 0. The van der Waals surface area contributed by atoms with Crippen molar-refractivity contribution in [1.29, 1.82) is 0 Å². The van der Waals surface area contributed by atoms with Gasteiger partial charge in [0, 0.05) is 23.2 Å². The molecule has 0 unspecified atom stereocenters. The average molecular weight is 459 g/mol. The van der Waals surface area contributed by atoms with E-state index in [0.717, 1.165) is 47.6 Å². The first kappa shape index (κ1) is 21.3. The highest BCUT2D eigenvalue weighted by molar-refractivity contribution is 8.00. The monoisotopic (exact) mass is 458 g/mol. The maximum atomic E-state index is 12.6. The highest BCUT2D eigenvalue weighted by atomic mass is 35.5. The van der Waals surface area contributed by atoms with Gasteiger partial charge in [0.05, 0.1) is 0 Å². The second-order valence-corrected chi connectivity index (χ2v) is 9.95. The summed E-state index contributed by atoms with van der Waals surface area (Å²) in [6.45, 7) is 2.72. The number of anilines is 1. The standard InChI is InChI=1S/C22H23ClN4OS2/c23-19-8-6-16(7-9-19)14-27-12-10-18(11-13-27)20(28)24-21-25-26-22(30-21)29-15-17-4-2-1-3-5-17/h1-9,18H,10-15H2,(H,24,25,28). The maximum absolute atomic E-state index is 12.6. The van der Waals surface area contributed by atoms with Crippen LogP contribution < -0.4 is 5.32 Å². The van der Waals surface area contributed by atoms with Gasteiger partial charge in [0.15, 0.2) is 4.34 Å². The van der Waals surface area contributed by atoms with Gasteiger partial charge in [-0.25, -0.2) is 0 Å². The molecule has 0 bridgehead atoms. The molecule has 3 aromatic rings. The van der Waals surface area contributed by atoms with Crippen LogP contribution in [0, 0.1) is 5.92 Å². The minimum absolute atomic E-state index is 0.0239. The van der Waals surface area contributed by atoms with E-state index in [2.05, 4.69) is 44.7 Å². The Bertz CT molecular complexity index is 957. The molecule has 0 radical (unpaired) electrons. The number of benzene rings is 2. The number of thioether (sulfide) groups is 1. The molecule has 2 heterocycles. The third-order valence-electron chi connectivity index (χ3n) is 5.12. The van der Waals surface area contributed by atoms with Crippen LogP contribution in [0.15, 0.2) is 58.9 Å². The number of carbonyl (C=O) groups is 1. The van der Waals surface area contributed by atoms with Crippen LogP contribution in [0.3, 0.4) is 0 Å². The SMILES string of the molecule is O=C(Nc1nnc(SCc2ccccc2)s1)C1CCN(Cc2ccc(Cl)cc2)CC1. The number of piperidine rings is 1. The van der Waals surface area contributed by atoms with Gasteiger partial charge in [0.2, 0.25) is 11.0 Å². The first-order valence-corrected chi connectivity index (χ1v) is 12.1. The van der Waals surface area contributed by atoms with E-state index in [-0.39, 0.29) is 11.8 Å². The molecule has 5 nitrogen and oxygen atoms in total. The van der Waals surface area contributed by atoms with Crippen molar-refractivity contribution in [3.8, 4) is 0 Å². The zero-order chi connectivity index (χ0) is 20.8. The van der Waals surface area contributed by atoms with Gasteiger partial charge in [0.1, 0.15) is 0 Å². The quantitative estimate of drug-likeness (QED) is 0.382. The first-order chi connectivity index (χ1) is 14.7. The molecular weight excluding hydrogens is 436 g/mol. The minimum Gasteiger partial charge on any atom is -0.300 e. The van der Waals surface area contributed by atoms with E-state index in [1.165, 1.54) is 22.5 Å². The van der Waals surface area contributed by atoms with Crippen LogP contribution in [0.2, 0.25) is 5.02 Å². The zero-order valence-corrected chi connectivity index (χ0v) is 18.8. The average Bonchev–Trinajstić information content (AvgIpc) is 3.22. The number of aromatic nitrogens is 2. The molecule has 0 spiro atoms. The molecule has 1 N–H and O–H groups in total. The predicted molar refractivity (Wildman–Crippen MR) is 124 cm³/mol. The van der Waals surface area contributed by atoms with Crippen molar-refractivity contribution in [2.45, 2.75) is 29.5 Å². The second kappa shape index (κ2) is 10.4.